The Morgan fingerprint density at radius 2 is 1.78 bits per heavy atom. The third-order valence-electron chi connectivity index (χ3n) is 5.85. The molecule has 0 bridgehead atoms. The lowest BCUT2D eigenvalue weighted by Gasteiger charge is -2.27. The van der Waals surface area contributed by atoms with E-state index in [1.165, 1.54) is 23.9 Å². The average Bonchev–Trinajstić information content (AvgIpc) is 3.71. The molecular weight excluding hydrogens is 521 g/mol. The zero-order valence-electron chi connectivity index (χ0n) is 19.6. The van der Waals surface area contributed by atoms with E-state index in [1.807, 2.05) is 30.5 Å². The van der Waals surface area contributed by atoms with Gasteiger partial charge in [0.25, 0.3) is 0 Å². The topological polar surface area (TPSA) is 62.0 Å². The summed E-state index contributed by atoms with van der Waals surface area (Å²) in [4.78, 5) is 10.1. The average molecular weight is 541 g/mol. The van der Waals surface area contributed by atoms with Crippen molar-refractivity contribution in [2.45, 2.75) is 30.1 Å². The molecule has 5 nitrogen and oxygen atoms in total. The third kappa shape index (κ3) is 5.76. The van der Waals surface area contributed by atoms with Crippen LogP contribution in [0, 0.1) is 11.3 Å². The predicted molar refractivity (Wildman–Crippen MR) is 140 cm³/mol. The van der Waals surface area contributed by atoms with E-state index in [1.54, 1.807) is 30.5 Å². The summed E-state index contributed by atoms with van der Waals surface area (Å²) >= 11 is 7.87. The molecule has 1 aromatic heterocycles. The lowest BCUT2D eigenvalue weighted by Crippen LogP contribution is -2.30. The zero-order chi connectivity index (χ0) is 26.2. The van der Waals surface area contributed by atoms with Crippen molar-refractivity contribution in [2.75, 3.05) is 17.7 Å². The predicted octanol–water partition coefficient (Wildman–Crippen LogP) is 7.79. The van der Waals surface area contributed by atoms with Gasteiger partial charge in [0, 0.05) is 11.4 Å². The Hall–Kier alpha value is -3.48. The number of nitriles is 1. The van der Waals surface area contributed by atoms with Gasteiger partial charge in [0.15, 0.2) is 5.75 Å². The Morgan fingerprint density at radius 1 is 1.05 bits per heavy atom. The first kappa shape index (κ1) is 25.2. The number of rotatable bonds is 7. The molecule has 0 amide bonds. The smallest absolute Gasteiger partial charge is 0.406 e. The van der Waals surface area contributed by atoms with Gasteiger partial charge in [0.1, 0.15) is 17.6 Å². The van der Waals surface area contributed by atoms with Crippen LogP contribution in [-0.4, -0.2) is 35.0 Å². The highest BCUT2D eigenvalue weighted by Crippen LogP contribution is 2.40. The van der Waals surface area contributed by atoms with Gasteiger partial charge < -0.3 is 9.64 Å². The van der Waals surface area contributed by atoms with E-state index in [9.17, 15) is 18.4 Å². The van der Waals surface area contributed by atoms with E-state index in [-0.39, 0.29) is 28.1 Å². The van der Waals surface area contributed by atoms with Crippen molar-refractivity contribution in [1.82, 2.24) is 9.97 Å². The molecule has 0 spiro atoms. The molecule has 1 heterocycles. The summed E-state index contributed by atoms with van der Waals surface area (Å²) in [5, 5.41) is 10.5. The van der Waals surface area contributed by atoms with Crippen molar-refractivity contribution in [3.05, 3.63) is 71.4 Å². The molecule has 0 N–H and O–H groups in total. The SMILES string of the molecule is CSc1cnc2cc(-c3ccc(N(CC(F)(F)F)c4cc(Cl)c(OC5CC5)c(C#N)c4)cc3)ccc2n1. The molecule has 1 fully saturated rings. The van der Waals surface area contributed by atoms with Crippen molar-refractivity contribution in [3.8, 4) is 22.9 Å². The summed E-state index contributed by atoms with van der Waals surface area (Å²) in [6.45, 7) is -1.25. The Balaban J connectivity index is 1.49. The number of benzene rings is 3. The number of nitrogens with zero attached hydrogens (tertiary/aromatic N) is 4. The molecule has 3 aromatic carbocycles. The van der Waals surface area contributed by atoms with Gasteiger partial charge in [0.05, 0.1) is 33.9 Å². The van der Waals surface area contributed by atoms with Crippen molar-refractivity contribution in [3.63, 3.8) is 0 Å². The third-order valence-corrected chi connectivity index (χ3v) is 6.74. The number of ether oxygens (including phenoxy) is 1. The second kappa shape index (κ2) is 10.1. The summed E-state index contributed by atoms with van der Waals surface area (Å²) in [6, 6.07) is 17.2. The summed E-state index contributed by atoms with van der Waals surface area (Å²) in [6.07, 6.45) is 0.850. The molecule has 0 atom stereocenters. The summed E-state index contributed by atoms with van der Waals surface area (Å²) in [5.41, 5.74) is 3.73. The van der Waals surface area contributed by atoms with E-state index in [0.29, 0.717) is 5.69 Å². The van der Waals surface area contributed by atoms with Crippen LogP contribution in [0.15, 0.2) is 65.8 Å². The Kier molecular flexibility index (Phi) is 6.88. The maximum absolute atomic E-state index is 13.6. The lowest BCUT2D eigenvalue weighted by molar-refractivity contribution is -0.118. The number of hydrogen-bond acceptors (Lipinski definition) is 6. The summed E-state index contributed by atoms with van der Waals surface area (Å²) in [7, 11) is 0. The van der Waals surface area contributed by atoms with Crippen LogP contribution in [0.3, 0.4) is 0 Å². The maximum Gasteiger partial charge on any atom is 0.406 e. The molecule has 0 saturated heterocycles. The highest BCUT2D eigenvalue weighted by Gasteiger charge is 2.33. The molecule has 4 aromatic rings. The van der Waals surface area contributed by atoms with Crippen LogP contribution < -0.4 is 9.64 Å². The molecule has 37 heavy (non-hydrogen) atoms. The molecule has 0 aliphatic heterocycles. The fourth-order valence-corrected chi connectivity index (χ4v) is 4.51. The molecule has 1 aliphatic carbocycles. The van der Waals surface area contributed by atoms with Gasteiger partial charge in [-0.3, -0.25) is 4.98 Å². The Labute approximate surface area is 220 Å². The Bertz CT molecular complexity index is 1500. The number of fused-ring (bicyclic) bond motifs is 1. The molecule has 0 unspecified atom stereocenters. The Morgan fingerprint density at radius 3 is 2.43 bits per heavy atom. The van der Waals surface area contributed by atoms with E-state index >= 15 is 0 Å². The quantitative estimate of drug-likeness (QED) is 0.223. The number of halogens is 4. The van der Waals surface area contributed by atoms with Gasteiger partial charge >= 0.3 is 6.18 Å². The maximum atomic E-state index is 13.6. The van der Waals surface area contributed by atoms with E-state index < -0.39 is 12.7 Å². The monoisotopic (exact) mass is 540 g/mol. The normalized spacial score (nSPS) is 13.4. The molecule has 0 radical (unpaired) electrons. The van der Waals surface area contributed by atoms with Gasteiger partial charge in [-0.25, -0.2) is 4.98 Å². The second-order valence-corrected chi connectivity index (χ2v) is 9.83. The first-order chi connectivity index (χ1) is 17.7. The highest BCUT2D eigenvalue weighted by atomic mass is 35.5. The van der Waals surface area contributed by atoms with Crippen LogP contribution >= 0.6 is 23.4 Å². The van der Waals surface area contributed by atoms with E-state index in [0.717, 1.165) is 44.9 Å². The highest BCUT2D eigenvalue weighted by molar-refractivity contribution is 7.98. The minimum Gasteiger partial charge on any atom is -0.487 e. The van der Waals surface area contributed by atoms with Crippen LogP contribution in [0.1, 0.15) is 18.4 Å². The molecule has 1 aliphatic rings. The zero-order valence-corrected chi connectivity index (χ0v) is 21.2. The van der Waals surface area contributed by atoms with Gasteiger partial charge in [-0.1, -0.05) is 29.8 Å². The van der Waals surface area contributed by atoms with Gasteiger partial charge in [-0.2, -0.15) is 18.4 Å². The number of aromatic nitrogens is 2. The summed E-state index contributed by atoms with van der Waals surface area (Å²) < 4.78 is 46.5. The number of hydrogen-bond donors (Lipinski definition) is 0. The van der Waals surface area contributed by atoms with Crippen molar-refractivity contribution in [2.24, 2.45) is 0 Å². The first-order valence-electron chi connectivity index (χ1n) is 11.4. The molecule has 1 saturated carbocycles. The fourth-order valence-electron chi connectivity index (χ4n) is 3.91. The van der Waals surface area contributed by atoms with Gasteiger partial charge in [-0.05, 0) is 66.6 Å². The van der Waals surface area contributed by atoms with Crippen LogP contribution in [0.4, 0.5) is 24.5 Å². The summed E-state index contributed by atoms with van der Waals surface area (Å²) in [5.74, 6) is 0.210. The van der Waals surface area contributed by atoms with Crippen molar-refractivity contribution >= 4 is 45.8 Å². The largest absolute Gasteiger partial charge is 0.487 e. The standard InChI is InChI=1S/C27H20ClF3N4OS/c1-37-25-14-33-24-11-17(4-9-23(24)34-25)16-2-5-19(6-3-16)35(15-27(29,30)31)20-10-18(13-32)26(22(28)12-20)36-21-7-8-21/h2-6,9-12,14,21H,7-8,15H2,1H3. The minimum absolute atomic E-state index is 0.0112. The number of thioether (sulfide) groups is 1. The van der Waals surface area contributed by atoms with Crippen LogP contribution in [0.25, 0.3) is 22.2 Å². The van der Waals surface area contributed by atoms with Crippen LogP contribution in [0.5, 0.6) is 5.75 Å². The number of alkyl halides is 3. The van der Waals surface area contributed by atoms with Crippen LogP contribution in [0.2, 0.25) is 5.02 Å². The van der Waals surface area contributed by atoms with E-state index in [2.05, 4.69) is 9.97 Å². The minimum atomic E-state index is -4.49. The second-order valence-electron chi connectivity index (χ2n) is 8.60. The van der Waals surface area contributed by atoms with Crippen LogP contribution in [-0.2, 0) is 0 Å². The van der Waals surface area contributed by atoms with Crippen molar-refractivity contribution < 1.29 is 17.9 Å². The van der Waals surface area contributed by atoms with E-state index in [4.69, 9.17) is 16.3 Å². The van der Waals surface area contributed by atoms with Crippen molar-refractivity contribution in [1.29, 1.82) is 5.26 Å². The van der Waals surface area contributed by atoms with Gasteiger partial charge in [0.2, 0.25) is 0 Å². The van der Waals surface area contributed by atoms with Gasteiger partial charge in [-0.15, -0.1) is 11.8 Å². The molecule has 10 heteroatoms. The fraction of sp³-hybridized carbons (Fsp3) is 0.222. The number of anilines is 2. The molecular formula is C27H20ClF3N4OS. The molecule has 5 rings (SSSR count). The lowest BCUT2D eigenvalue weighted by atomic mass is 10.0. The molecule has 188 valence electrons. The first-order valence-corrected chi connectivity index (χ1v) is 13.0.